The lowest BCUT2D eigenvalue weighted by atomic mass is 10.1. The summed E-state index contributed by atoms with van der Waals surface area (Å²) in [6, 6.07) is 6.30. The molecule has 1 N–H and O–H groups in total. The smallest absolute Gasteiger partial charge is 0.126 e. The van der Waals surface area contributed by atoms with Gasteiger partial charge in [-0.2, -0.15) is 0 Å². The lowest BCUT2D eigenvalue weighted by Gasteiger charge is -2.09. The maximum absolute atomic E-state index is 12.8. The quantitative estimate of drug-likeness (QED) is 0.820. The zero-order chi connectivity index (χ0) is 10.5. The van der Waals surface area contributed by atoms with E-state index in [0.29, 0.717) is 12.4 Å². The first-order chi connectivity index (χ1) is 7.34. The number of ether oxygens (including phenoxy) is 1. The molecule has 0 spiro atoms. The third kappa shape index (κ3) is 3.20. The molecule has 1 fully saturated rings. The van der Waals surface area contributed by atoms with Crippen molar-refractivity contribution in [1.82, 2.24) is 5.32 Å². The van der Waals surface area contributed by atoms with Crippen molar-refractivity contribution in [2.45, 2.75) is 12.8 Å². The van der Waals surface area contributed by atoms with Crippen molar-refractivity contribution >= 4 is 0 Å². The molecule has 0 aromatic heterocycles. The maximum Gasteiger partial charge on any atom is 0.126 e. The Balaban J connectivity index is 1.73. The van der Waals surface area contributed by atoms with E-state index < -0.39 is 0 Å². The highest BCUT2D eigenvalue weighted by Crippen LogP contribution is 2.15. The molecule has 0 bridgehead atoms. The lowest BCUT2D eigenvalue weighted by molar-refractivity contribution is 0.282. The monoisotopic (exact) mass is 209 g/mol. The first-order valence-electron chi connectivity index (χ1n) is 5.44. The van der Waals surface area contributed by atoms with E-state index >= 15 is 0 Å². The van der Waals surface area contributed by atoms with E-state index in [1.165, 1.54) is 18.6 Å². The Morgan fingerprint density at radius 1 is 1.47 bits per heavy atom. The summed E-state index contributed by atoms with van der Waals surface area (Å²) in [5, 5.41) is 3.31. The molecular weight excluding hydrogens is 193 g/mol. The lowest BCUT2D eigenvalue weighted by Crippen LogP contribution is -2.11. The third-order valence-corrected chi connectivity index (χ3v) is 2.75. The summed E-state index contributed by atoms with van der Waals surface area (Å²) in [6.07, 6.45) is 2.27. The predicted molar refractivity (Wildman–Crippen MR) is 57.5 cm³/mol. The number of hydrogen-bond acceptors (Lipinski definition) is 2. The van der Waals surface area contributed by atoms with Gasteiger partial charge < -0.3 is 10.1 Å². The molecule has 1 heterocycles. The SMILES string of the molecule is Fc1cccc(OCCC2CCNC2)c1. The summed E-state index contributed by atoms with van der Waals surface area (Å²) in [7, 11) is 0. The number of benzene rings is 1. The van der Waals surface area contributed by atoms with E-state index in [9.17, 15) is 4.39 Å². The molecule has 1 atom stereocenters. The molecule has 2 rings (SSSR count). The summed E-state index contributed by atoms with van der Waals surface area (Å²) >= 11 is 0. The molecule has 3 heteroatoms. The van der Waals surface area contributed by atoms with Crippen LogP contribution < -0.4 is 10.1 Å². The molecule has 1 aromatic carbocycles. The molecule has 2 nitrogen and oxygen atoms in total. The van der Waals surface area contributed by atoms with Gasteiger partial charge in [0.25, 0.3) is 0 Å². The molecule has 15 heavy (non-hydrogen) atoms. The molecule has 1 aliphatic heterocycles. The van der Waals surface area contributed by atoms with Crippen LogP contribution in [0.2, 0.25) is 0 Å². The molecular formula is C12H16FNO. The molecule has 0 amide bonds. The van der Waals surface area contributed by atoms with Crippen molar-refractivity contribution < 1.29 is 9.13 Å². The third-order valence-electron chi connectivity index (χ3n) is 2.75. The second-order valence-corrected chi connectivity index (χ2v) is 3.95. The van der Waals surface area contributed by atoms with Gasteiger partial charge in [0.1, 0.15) is 11.6 Å². The largest absolute Gasteiger partial charge is 0.493 e. The normalized spacial score (nSPS) is 20.5. The van der Waals surface area contributed by atoms with Crippen LogP contribution in [0.5, 0.6) is 5.75 Å². The Morgan fingerprint density at radius 3 is 3.13 bits per heavy atom. The van der Waals surface area contributed by atoms with Crippen molar-refractivity contribution in [3.63, 3.8) is 0 Å². The first kappa shape index (κ1) is 10.4. The summed E-state index contributed by atoms with van der Waals surface area (Å²) in [5.41, 5.74) is 0. The molecule has 0 radical (unpaired) electrons. The molecule has 82 valence electrons. The Morgan fingerprint density at radius 2 is 2.40 bits per heavy atom. The highest BCUT2D eigenvalue weighted by Gasteiger charge is 2.13. The summed E-state index contributed by atoms with van der Waals surface area (Å²) in [6.45, 7) is 2.88. The summed E-state index contributed by atoms with van der Waals surface area (Å²) in [4.78, 5) is 0. The van der Waals surface area contributed by atoms with Crippen LogP contribution in [0.25, 0.3) is 0 Å². The van der Waals surface area contributed by atoms with Crippen LogP contribution >= 0.6 is 0 Å². The fourth-order valence-electron chi connectivity index (χ4n) is 1.86. The average Bonchev–Trinajstić information content (AvgIpc) is 2.71. The van der Waals surface area contributed by atoms with E-state index in [4.69, 9.17) is 4.74 Å². The van der Waals surface area contributed by atoms with Gasteiger partial charge >= 0.3 is 0 Å². The maximum atomic E-state index is 12.8. The number of hydrogen-bond donors (Lipinski definition) is 1. The van der Waals surface area contributed by atoms with Gasteiger partial charge in [0.2, 0.25) is 0 Å². The predicted octanol–water partition coefficient (Wildman–Crippen LogP) is 2.20. The number of halogens is 1. The van der Waals surface area contributed by atoms with E-state index in [-0.39, 0.29) is 5.82 Å². The zero-order valence-electron chi connectivity index (χ0n) is 8.71. The van der Waals surface area contributed by atoms with E-state index in [1.807, 2.05) is 0 Å². The van der Waals surface area contributed by atoms with Gasteiger partial charge in [0.15, 0.2) is 0 Å². The molecule has 1 saturated heterocycles. The van der Waals surface area contributed by atoms with Crippen molar-refractivity contribution in [3.05, 3.63) is 30.1 Å². The van der Waals surface area contributed by atoms with Crippen LogP contribution in [0.4, 0.5) is 4.39 Å². The van der Waals surface area contributed by atoms with Crippen molar-refractivity contribution in [2.75, 3.05) is 19.7 Å². The molecule has 0 saturated carbocycles. The minimum absolute atomic E-state index is 0.241. The summed E-state index contributed by atoms with van der Waals surface area (Å²) < 4.78 is 18.3. The second-order valence-electron chi connectivity index (χ2n) is 3.95. The first-order valence-corrected chi connectivity index (χ1v) is 5.44. The van der Waals surface area contributed by atoms with Crippen LogP contribution in [0.15, 0.2) is 24.3 Å². The van der Waals surface area contributed by atoms with Gasteiger partial charge in [0, 0.05) is 6.07 Å². The zero-order valence-corrected chi connectivity index (χ0v) is 8.71. The molecule has 1 unspecified atom stereocenters. The van der Waals surface area contributed by atoms with Gasteiger partial charge in [-0.05, 0) is 44.0 Å². The highest BCUT2D eigenvalue weighted by atomic mass is 19.1. The van der Waals surface area contributed by atoms with Crippen LogP contribution in [-0.2, 0) is 0 Å². The van der Waals surface area contributed by atoms with Crippen LogP contribution in [0.1, 0.15) is 12.8 Å². The van der Waals surface area contributed by atoms with E-state index in [2.05, 4.69) is 5.32 Å². The highest BCUT2D eigenvalue weighted by molar-refractivity contribution is 5.22. The Hall–Kier alpha value is -1.09. The topological polar surface area (TPSA) is 21.3 Å². The van der Waals surface area contributed by atoms with E-state index in [0.717, 1.165) is 25.4 Å². The Kier molecular flexibility index (Phi) is 3.56. The van der Waals surface area contributed by atoms with Crippen LogP contribution in [0.3, 0.4) is 0 Å². The van der Waals surface area contributed by atoms with Crippen LogP contribution in [-0.4, -0.2) is 19.7 Å². The minimum Gasteiger partial charge on any atom is -0.493 e. The number of nitrogens with one attached hydrogen (secondary N) is 1. The van der Waals surface area contributed by atoms with Gasteiger partial charge in [-0.15, -0.1) is 0 Å². The van der Waals surface area contributed by atoms with Crippen molar-refractivity contribution in [2.24, 2.45) is 5.92 Å². The summed E-state index contributed by atoms with van der Waals surface area (Å²) in [5.74, 6) is 1.11. The Labute approximate surface area is 89.4 Å². The van der Waals surface area contributed by atoms with Gasteiger partial charge in [0.05, 0.1) is 6.61 Å². The van der Waals surface area contributed by atoms with Gasteiger partial charge in [-0.3, -0.25) is 0 Å². The Bertz CT molecular complexity index is 310. The van der Waals surface area contributed by atoms with Crippen molar-refractivity contribution in [1.29, 1.82) is 0 Å². The molecule has 1 aliphatic rings. The fraction of sp³-hybridized carbons (Fsp3) is 0.500. The second kappa shape index (κ2) is 5.12. The average molecular weight is 209 g/mol. The molecule has 0 aliphatic carbocycles. The minimum atomic E-state index is -0.241. The number of rotatable bonds is 4. The van der Waals surface area contributed by atoms with Gasteiger partial charge in [-0.1, -0.05) is 6.07 Å². The fourth-order valence-corrected chi connectivity index (χ4v) is 1.86. The van der Waals surface area contributed by atoms with Crippen molar-refractivity contribution in [3.8, 4) is 5.75 Å². The van der Waals surface area contributed by atoms with E-state index in [1.54, 1.807) is 12.1 Å². The van der Waals surface area contributed by atoms with Gasteiger partial charge in [-0.25, -0.2) is 4.39 Å². The molecule has 1 aromatic rings. The van der Waals surface area contributed by atoms with Crippen LogP contribution in [0, 0.1) is 11.7 Å². The standard InChI is InChI=1S/C12H16FNO/c13-11-2-1-3-12(8-11)15-7-5-10-4-6-14-9-10/h1-3,8,10,14H,4-7,9H2.